The van der Waals surface area contributed by atoms with Gasteiger partial charge < -0.3 is 5.32 Å². The number of likely N-dealkylation sites (tertiary alicyclic amines) is 1. The third-order valence-corrected chi connectivity index (χ3v) is 4.28. The zero-order valence-electron chi connectivity index (χ0n) is 12.7. The summed E-state index contributed by atoms with van der Waals surface area (Å²) in [4.78, 5) is 2.61. The molecule has 2 rings (SSSR count). The van der Waals surface area contributed by atoms with Crippen LogP contribution >= 0.6 is 0 Å². The molecule has 0 aromatic heterocycles. The molecule has 1 heterocycles. The van der Waals surface area contributed by atoms with Crippen molar-refractivity contribution in [3.63, 3.8) is 0 Å². The maximum absolute atomic E-state index is 3.48. The lowest BCUT2D eigenvalue weighted by molar-refractivity contribution is 0.175. The summed E-state index contributed by atoms with van der Waals surface area (Å²) in [6.07, 6.45) is 2.69. The Morgan fingerprint density at radius 3 is 2.58 bits per heavy atom. The van der Waals surface area contributed by atoms with Gasteiger partial charge in [-0.1, -0.05) is 30.7 Å². The van der Waals surface area contributed by atoms with Crippen LogP contribution in [-0.4, -0.2) is 31.1 Å². The normalized spacial score (nSPS) is 17.8. The zero-order chi connectivity index (χ0) is 13.7. The predicted molar refractivity (Wildman–Crippen MR) is 82.5 cm³/mol. The number of piperidine rings is 1. The summed E-state index contributed by atoms with van der Waals surface area (Å²) in [5.41, 5.74) is 4.30. The lowest BCUT2D eigenvalue weighted by Crippen LogP contribution is -2.37. The summed E-state index contributed by atoms with van der Waals surface area (Å²) in [6.45, 7) is 12.5. The van der Waals surface area contributed by atoms with E-state index < -0.39 is 0 Å². The van der Waals surface area contributed by atoms with E-state index in [0.717, 1.165) is 19.0 Å². The fraction of sp³-hybridized carbons (Fsp3) is 0.647. The number of nitrogens with zero attached hydrogens (tertiary/aromatic N) is 1. The molecule has 1 N–H and O–H groups in total. The van der Waals surface area contributed by atoms with Gasteiger partial charge in [0.2, 0.25) is 0 Å². The van der Waals surface area contributed by atoms with Crippen LogP contribution in [0.25, 0.3) is 0 Å². The summed E-state index contributed by atoms with van der Waals surface area (Å²) in [6, 6.07) is 6.84. The Morgan fingerprint density at radius 2 is 1.95 bits per heavy atom. The van der Waals surface area contributed by atoms with Crippen molar-refractivity contribution in [2.24, 2.45) is 5.92 Å². The van der Waals surface area contributed by atoms with Crippen molar-refractivity contribution in [1.29, 1.82) is 0 Å². The third kappa shape index (κ3) is 4.32. The second-order valence-electron chi connectivity index (χ2n) is 5.96. The van der Waals surface area contributed by atoms with Crippen molar-refractivity contribution in [3.05, 3.63) is 34.9 Å². The number of nitrogens with one attached hydrogen (secondary N) is 1. The first-order valence-corrected chi connectivity index (χ1v) is 7.68. The van der Waals surface area contributed by atoms with E-state index in [1.165, 1.54) is 49.2 Å². The number of hydrogen-bond acceptors (Lipinski definition) is 2. The van der Waals surface area contributed by atoms with Crippen LogP contribution in [0.15, 0.2) is 18.2 Å². The summed E-state index contributed by atoms with van der Waals surface area (Å²) < 4.78 is 0. The van der Waals surface area contributed by atoms with E-state index in [9.17, 15) is 0 Å². The molecule has 0 radical (unpaired) electrons. The first-order valence-electron chi connectivity index (χ1n) is 7.68. The molecule has 0 bridgehead atoms. The first-order chi connectivity index (χ1) is 9.19. The highest BCUT2D eigenvalue weighted by Crippen LogP contribution is 2.20. The molecule has 2 nitrogen and oxygen atoms in total. The zero-order valence-corrected chi connectivity index (χ0v) is 12.7. The highest BCUT2D eigenvalue weighted by molar-refractivity contribution is 5.30. The molecule has 0 amide bonds. The molecule has 1 aliphatic heterocycles. The summed E-state index contributed by atoms with van der Waals surface area (Å²) in [5.74, 6) is 0.885. The fourth-order valence-electron chi connectivity index (χ4n) is 2.96. The maximum Gasteiger partial charge on any atom is 0.0236 e. The van der Waals surface area contributed by atoms with Crippen LogP contribution in [0.5, 0.6) is 0 Å². The second kappa shape index (κ2) is 7.06. The molecular formula is C17H28N2. The minimum atomic E-state index is 0.885. The van der Waals surface area contributed by atoms with Crippen LogP contribution in [0.2, 0.25) is 0 Å². The average Bonchev–Trinajstić information content (AvgIpc) is 2.41. The van der Waals surface area contributed by atoms with E-state index >= 15 is 0 Å². The van der Waals surface area contributed by atoms with Gasteiger partial charge in [-0.2, -0.15) is 0 Å². The second-order valence-corrected chi connectivity index (χ2v) is 5.96. The topological polar surface area (TPSA) is 15.3 Å². The molecular weight excluding hydrogens is 232 g/mol. The van der Waals surface area contributed by atoms with E-state index in [4.69, 9.17) is 0 Å². The largest absolute Gasteiger partial charge is 0.317 e. The Bertz CT molecular complexity index is 392. The van der Waals surface area contributed by atoms with Crippen LogP contribution in [0, 0.1) is 19.8 Å². The highest BCUT2D eigenvalue weighted by Gasteiger charge is 2.19. The molecule has 1 aromatic rings. The van der Waals surface area contributed by atoms with Crippen molar-refractivity contribution in [1.82, 2.24) is 10.2 Å². The Balaban J connectivity index is 1.82. The minimum absolute atomic E-state index is 0.885. The molecule has 106 valence electrons. The molecule has 1 aromatic carbocycles. The van der Waals surface area contributed by atoms with Gasteiger partial charge in [0.15, 0.2) is 0 Å². The number of hydrogen-bond donors (Lipinski definition) is 1. The smallest absolute Gasteiger partial charge is 0.0236 e. The van der Waals surface area contributed by atoms with Gasteiger partial charge in [0, 0.05) is 6.54 Å². The standard InChI is InChI=1S/C17H28N2/c1-4-18-12-16-7-9-19(10-8-16)13-17-6-5-14(2)11-15(17)3/h5-6,11,16,18H,4,7-10,12-13H2,1-3H3. The molecule has 19 heavy (non-hydrogen) atoms. The average molecular weight is 260 g/mol. The molecule has 0 unspecified atom stereocenters. The van der Waals surface area contributed by atoms with E-state index in [1.807, 2.05) is 0 Å². The van der Waals surface area contributed by atoms with Crippen molar-refractivity contribution in [2.75, 3.05) is 26.2 Å². The van der Waals surface area contributed by atoms with Crippen molar-refractivity contribution in [3.8, 4) is 0 Å². The van der Waals surface area contributed by atoms with Crippen LogP contribution in [0.1, 0.15) is 36.5 Å². The van der Waals surface area contributed by atoms with E-state index in [2.05, 4.69) is 49.2 Å². The maximum atomic E-state index is 3.48. The quantitative estimate of drug-likeness (QED) is 0.875. The van der Waals surface area contributed by atoms with Crippen molar-refractivity contribution >= 4 is 0 Å². The molecule has 1 saturated heterocycles. The van der Waals surface area contributed by atoms with Gasteiger partial charge >= 0.3 is 0 Å². The van der Waals surface area contributed by atoms with Crippen molar-refractivity contribution in [2.45, 2.75) is 40.2 Å². The summed E-state index contributed by atoms with van der Waals surface area (Å²) >= 11 is 0. The third-order valence-electron chi connectivity index (χ3n) is 4.28. The van der Waals surface area contributed by atoms with E-state index in [1.54, 1.807) is 0 Å². The van der Waals surface area contributed by atoms with Gasteiger partial charge in [-0.15, -0.1) is 0 Å². The molecule has 1 fully saturated rings. The molecule has 0 saturated carbocycles. The number of aryl methyl sites for hydroxylation is 2. The predicted octanol–water partition coefficient (Wildman–Crippen LogP) is 3.12. The van der Waals surface area contributed by atoms with E-state index in [-0.39, 0.29) is 0 Å². The molecule has 0 aliphatic carbocycles. The van der Waals surface area contributed by atoms with Gasteiger partial charge in [0.25, 0.3) is 0 Å². The molecule has 0 atom stereocenters. The lowest BCUT2D eigenvalue weighted by atomic mass is 9.96. The number of rotatable bonds is 5. The van der Waals surface area contributed by atoms with Crippen molar-refractivity contribution < 1.29 is 0 Å². The first kappa shape index (κ1) is 14.5. The Labute approximate surface area is 118 Å². The van der Waals surface area contributed by atoms with E-state index in [0.29, 0.717) is 0 Å². The molecule has 1 aliphatic rings. The van der Waals surface area contributed by atoms with Gasteiger partial charge in [0.05, 0.1) is 0 Å². The Morgan fingerprint density at radius 1 is 1.21 bits per heavy atom. The Kier molecular flexibility index (Phi) is 5.41. The number of benzene rings is 1. The monoisotopic (exact) mass is 260 g/mol. The lowest BCUT2D eigenvalue weighted by Gasteiger charge is -2.32. The van der Waals surface area contributed by atoms with Crippen LogP contribution < -0.4 is 5.32 Å². The summed E-state index contributed by atoms with van der Waals surface area (Å²) in [5, 5.41) is 3.48. The van der Waals surface area contributed by atoms with Gasteiger partial charge in [-0.05, 0) is 69.9 Å². The molecule has 0 spiro atoms. The van der Waals surface area contributed by atoms with Gasteiger partial charge in [0.1, 0.15) is 0 Å². The SMILES string of the molecule is CCNCC1CCN(Cc2ccc(C)cc2C)CC1. The van der Waals surface area contributed by atoms with Crippen LogP contribution in [0.4, 0.5) is 0 Å². The highest BCUT2D eigenvalue weighted by atomic mass is 15.1. The minimum Gasteiger partial charge on any atom is -0.317 e. The van der Waals surface area contributed by atoms with Gasteiger partial charge in [-0.25, -0.2) is 0 Å². The van der Waals surface area contributed by atoms with Crippen LogP contribution in [-0.2, 0) is 6.54 Å². The van der Waals surface area contributed by atoms with Crippen LogP contribution in [0.3, 0.4) is 0 Å². The molecule has 2 heteroatoms. The summed E-state index contributed by atoms with van der Waals surface area (Å²) in [7, 11) is 0. The Hall–Kier alpha value is -0.860. The fourth-order valence-corrected chi connectivity index (χ4v) is 2.96. The van der Waals surface area contributed by atoms with Gasteiger partial charge in [-0.3, -0.25) is 4.90 Å².